The van der Waals surface area contributed by atoms with Crippen LogP contribution in [0.2, 0.25) is 5.02 Å². The topological polar surface area (TPSA) is 29.1 Å². The van der Waals surface area contributed by atoms with Gasteiger partial charge in [0.1, 0.15) is 5.82 Å². The van der Waals surface area contributed by atoms with Gasteiger partial charge < -0.3 is 5.32 Å². The van der Waals surface area contributed by atoms with Crippen molar-refractivity contribution in [3.63, 3.8) is 0 Å². The Hall–Kier alpha value is -2.01. The van der Waals surface area contributed by atoms with E-state index in [0.717, 1.165) is 18.2 Å². The lowest BCUT2D eigenvalue weighted by molar-refractivity contribution is 0.102. The molecule has 0 bridgehead atoms. The van der Waals surface area contributed by atoms with Crippen LogP contribution in [-0.2, 0) is 0 Å². The molecule has 0 saturated heterocycles. The largest absolute Gasteiger partial charge is 0.319 e. The van der Waals surface area contributed by atoms with Gasteiger partial charge in [-0.2, -0.15) is 0 Å². The number of halogens is 4. The molecule has 19 heavy (non-hydrogen) atoms. The number of amides is 1. The molecule has 1 amide bonds. The zero-order valence-corrected chi connectivity index (χ0v) is 10.1. The molecule has 0 atom stereocenters. The molecule has 0 aliphatic carbocycles. The maximum Gasteiger partial charge on any atom is 0.258 e. The molecule has 0 aliphatic heterocycles. The minimum Gasteiger partial charge on any atom is -0.319 e. The number of hydrogen-bond donors (Lipinski definition) is 1. The van der Waals surface area contributed by atoms with Gasteiger partial charge in [0, 0.05) is 5.02 Å². The summed E-state index contributed by atoms with van der Waals surface area (Å²) in [5.41, 5.74) is -0.722. The summed E-state index contributed by atoms with van der Waals surface area (Å²) in [6.07, 6.45) is 0. The molecular weight excluding hydrogens is 279 g/mol. The fourth-order valence-electron chi connectivity index (χ4n) is 1.46. The highest BCUT2D eigenvalue weighted by atomic mass is 35.5. The van der Waals surface area contributed by atoms with Gasteiger partial charge in [0.15, 0.2) is 11.6 Å². The molecule has 2 nitrogen and oxygen atoms in total. The van der Waals surface area contributed by atoms with Gasteiger partial charge in [-0.15, -0.1) is 0 Å². The van der Waals surface area contributed by atoms with Crippen LogP contribution in [-0.4, -0.2) is 5.91 Å². The van der Waals surface area contributed by atoms with Crippen LogP contribution in [0.25, 0.3) is 0 Å². The van der Waals surface area contributed by atoms with E-state index in [1.807, 2.05) is 0 Å². The predicted molar refractivity (Wildman–Crippen MR) is 65.7 cm³/mol. The second kappa shape index (κ2) is 5.32. The van der Waals surface area contributed by atoms with Gasteiger partial charge >= 0.3 is 0 Å². The summed E-state index contributed by atoms with van der Waals surface area (Å²) in [7, 11) is 0. The van der Waals surface area contributed by atoms with E-state index >= 15 is 0 Å². The summed E-state index contributed by atoms with van der Waals surface area (Å²) >= 11 is 5.65. The second-order valence-corrected chi connectivity index (χ2v) is 4.12. The summed E-state index contributed by atoms with van der Waals surface area (Å²) in [4.78, 5) is 11.7. The summed E-state index contributed by atoms with van der Waals surface area (Å²) in [5, 5.41) is 2.34. The smallest absolute Gasteiger partial charge is 0.258 e. The van der Waals surface area contributed by atoms with Gasteiger partial charge in [0.05, 0.1) is 11.3 Å². The monoisotopic (exact) mass is 285 g/mol. The molecule has 6 heteroatoms. The number of rotatable bonds is 2. The van der Waals surface area contributed by atoms with Crippen LogP contribution in [0.5, 0.6) is 0 Å². The Balaban J connectivity index is 2.31. The highest BCUT2D eigenvalue weighted by Crippen LogP contribution is 2.21. The number of benzene rings is 2. The quantitative estimate of drug-likeness (QED) is 0.887. The van der Waals surface area contributed by atoms with Crippen molar-refractivity contribution in [3.05, 3.63) is 64.4 Å². The first-order valence-electron chi connectivity index (χ1n) is 5.19. The molecule has 0 aliphatic rings. The lowest BCUT2D eigenvalue weighted by Gasteiger charge is -2.07. The second-order valence-electron chi connectivity index (χ2n) is 3.68. The third kappa shape index (κ3) is 2.88. The zero-order valence-electron chi connectivity index (χ0n) is 9.38. The van der Waals surface area contributed by atoms with Crippen LogP contribution in [0.3, 0.4) is 0 Å². The molecule has 0 radical (unpaired) electrons. The first-order chi connectivity index (χ1) is 8.99. The third-order valence-electron chi connectivity index (χ3n) is 2.37. The summed E-state index contributed by atoms with van der Waals surface area (Å²) < 4.78 is 39.7. The summed E-state index contributed by atoms with van der Waals surface area (Å²) in [5.74, 6) is -4.13. The maximum absolute atomic E-state index is 13.4. The number of carbonyl (C=O) groups excluding carboxylic acids is 1. The van der Waals surface area contributed by atoms with Crippen molar-refractivity contribution in [2.45, 2.75) is 0 Å². The molecule has 0 fully saturated rings. The molecule has 0 aromatic heterocycles. The molecule has 0 spiro atoms. The first kappa shape index (κ1) is 13.4. The van der Waals surface area contributed by atoms with Crippen molar-refractivity contribution < 1.29 is 18.0 Å². The number of nitrogens with one attached hydrogen (secondary N) is 1. The Kier molecular flexibility index (Phi) is 3.76. The molecular formula is C13H7ClF3NO. The molecule has 2 rings (SSSR count). The Labute approximate surface area is 111 Å². The van der Waals surface area contributed by atoms with Crippen molar-refractivity contribution in [2.24, 2.45) is 0 Å². The molecule has 2 aromatic rings. The van der Waals surface area contributed by atoms with Crippen LogP contribution < -0.4 is 5.32 Å². The number of anilines is 1. The first-order valence-corrected chi connectivity index (χ1v) is 5.57. The van der Waals surface area contributed by atoms with E-state index in [1.54, 1.807) is 0 Å². The van der Waals surface area contributed by atoms with E-state index in [0.29, 0.717) is 0 Å². The predicted octanol–water partition coefficient (Wildman–Crippen LogP) is 4.01. The minimum atomic E-state index is -1.29. The molecule has 0 saturated carbocycles. The highest BCUT2D eigenvalue weighted by Gasteiger charge is 2.16. The van der Waals surface area contributed by atoms with Crippen molar-refractivity contribution in [2.75, 3.05) is 5.32 Å². The Morgan fingerprint density at radius 3 is 2.53 bits per heavy atom. The molecule has 98 valence electrons. The molecule has 0 unspecified atom stereocenters. The van der Waals surface area contributed by atoms with Crippen LogP contribution in [0.4, 0.5) is 18.9 Å². The van der Waals surface area contributed by atoms with E-state index in [1.165, 1.54) is 18.2 Å². The van der Waals surface area contributed by atoms with Gasteiger partial charge in [-0.25, -0.2) is 13.2 Å². The van der Waals surface area contributed by atoms with E-state index in [-0.39, 0.29) is 10.7 Å². The average Bonchev–Trinajstić information content (AvgIpc) is 2.37. The molecule has 0 heterocycles. The van der Waals surface area contributed by atoms with Crippen LogP contribution in [0.15, 0.2) is 36.4 Å². The van der Waals surface area contributed by atoms with E-state index in [2.05, 4.69) is 5.32 Å². The molecule has 2 aromatic carbocycles. The van der Waals surface area contributed by atoms with Crippen LogP contribution >= 0.6 is 11.6 Å². The van der Waals surface area contributed by atoms with Crippen LogP contribution in [0, 0.1) is 17.5 Å². The SMILES string of the molecule is O=C(Nc1cc(Cl)ccc1F)c1cccc(F)c1F. The van der Waals surface area contributed by atoms with Crippen molar-refractivity contribution in [3.8, 4) is 0 Å². The van der Waals surface area contributed by atoms with Crippen molar-refractivity contribution in [1.82, 2.24) is 0 Å². The van der Waals surface area contributed by atoms with Gasteiger partial charge in [-0.1, -0.05) is 17.7 Å². The van der Waals surface area contributed by atoms with E-state index < -0.39 is 28.9 Å². The van der Waals surface area contributed by atoms with Gasteiger partial charge in [-0.3, -0.25) is 4.79 Å². The normalized spacial score (nSPS) is 10.3. The molecule has 1 N–H and O–H groups in total. The number of hydrogen-bond acceptors (Lipinski definition) is 1. The van der Waals surface area contributed by atoms with Gasteiger partial charge in [-0.05, 0) is 30.3 Å². The van der Waals surface area contributed by atoms with Crippen LogP contribution in [0.1, 0.15) is 10.4 Å². The van der Waals surface area contributed by atoms with E-state index in [9.17, 15) is 18.0 Å². The minimum absolute atomic E-state index is 0.205. The zero-order chi connectivity index (χ0) is 14.0. The average molecular weight is 286 g/mol. The lowest BCUT2D eigenvalue weighted by Crippen LogP contribution is -2.15. The van der Waals surface area contributed by atoms with Crippen molar-refractivity contribution >= 4 is 23.2 Å². The highest BCUT2D eigenvalue weighted by molar-refractivity contribution is 6.31. The van der Waals surface area contributed by atoms with E-state index in [4.69, 9.17) is 11.6 Å². The Morgan fingerprint density at radius 2 is 1.79 bits per heavy atom. The number of carbonyl (C=O) groups is 1. The standard InChI is InChI=1S/C13H7ClF3NO/c14-7-4-5-9(15)11(6-7)18-13(19)8-2-1-3-10(16)12(8)17/h1-6H,(H,18,19). The Morgan fingerprint density at radius 1 is 1.05 bits per heavy atom. The fourth-order valence-corrected chi connectivity index (χ4v) is 1.63. The van der Waals surface area contributed by atoms with Gasteiger partial charge in [0.2, 0.25) is 0 Å². The van der Waals surface area contributed by atoms with Gasteiger partial charge in [0.25, 0.3) is 5.91 Å². The fraction of sp³-hybridized carbons (Fsp3) is 0. The maximum atomic E-state index is 13.4. The summed E-state index contributed by atoms with van der Waals surface area (Å²) in [6, 6.07) is 6.69. The van der Waals surface area contributed by atoms with Crippen molar-refractivity contribution in [1.29, 1.82) is 0 Å². The summed E-state index contributed by atoms with van der Waals surface area (Å²) in [6.45, 7) is 0. The Bertz CT molecular complexity index is 646. The third-order valence-corrected chi connectivity index (χ3v) is 2.61. The lowest BCUT2D eigenvalue weighted by atomic mass is 10.2.